The smallest absolute Gasteiger partial charge is 0.475 e. The number of hydrogen-bond donors (Lipinski definition) is 1. The fraction of sp³-hybridized carbons (Fsp3) is 0.762. The number of carboxylic acid groups (broad SMARTS) is 1. The average Bonchev–Trinajstić information content (AvgIpc) is 3.18. The SMILES string of the molecule is Cc1ccc(N2CC[C@@H]3O[C@@H](COCC4CCOCC4)CC[C@@H]32)nn1.O=C(O)C(F)(F)F. The highest BCUT2D eigenvalue weighted by molar-refractivity contribution is 5.73. The minimum atomic E-state index is -5.08. The summed E-state index contributed by atoms with van der Waals surface area (Å²) < 4.78 is 49.4. The second-order valence-corrected chi connectivity index (χ2v) is 8.35. The van der Waals surface area contributed by atoms with Gasteiger partial charge in [-0.25, -0.2) is 4.79 Å². The van der Waals surface area contributed by atoms with E-state index in [1.807, 2.05) is 13.0 Å². The number of nitrogens with zero attached hydrogens (tertiary/aromatic N) is 3. The maximum atomic E-state index is 10.6. The van der Waals surface area contributed by atoms with Crippen molar-refractivity contribution >= 4 is 11.8 Å². The number of rotatable bonds is 5. The molecule has 1 aromatic heterocycles. The number of anilines is 1. The Kier molecular flexibility index (Phi) is 8.66. The Morgan fingerprint density at radius 1 is 1.16 bits per heavy atom. The van der Waals surface area contributed by atoms with Gasteiger partial charge in [0.05, 0.1) is 30.6 Å². The molecule has 0 spiro atoms. The first-order chi connectivity index (χ1) is 15.2. The second-order valence-electron chi connectivity index (χ2n) is 8.35. The summed E-state index contributed by atoms with van der Waals surface area (Å²) in [6.07, 6.45) is 0.983. The number of carboxylic acids is 1. The van der Waals surface area contributed by atoms with Gasteiger partial charge in [-0.3, -0.25) is 0 Å². The maximum absolute atomic E-state index is 10.6. The van der Waals surface area contributed by atoms with E-state index in [0.717, 1.165) is 76.6 Å². The van der Waals surface area contributed by atoms with Gasteiger partial charge in [-0.2, -0.15) is 18.3 Å². The van der Waals surface area contributed by atoms with Crippen molar-refractivity contribution < 1.29 is 37.3 Å². The minimum absolute atomic E-state index is 0.241. The predicted molar refractivity (Wildman–Crippen MR) is 108 cm³/mol. The number of aliphatic carboxylic acids is 1. The van der Waals surface area contributed by atoms with E-state index in [-0.39, 0.29) is 6.10 Å². The van der Waals surface area contributed by atoms with Crippen LogP contribution in [0.2, 0.25) is 0 Å². The lowest BCUT2D eigenvalue weighted by Gasteiger charge is -2.36. The highest BCUT2D eigenvalue weighted by Crippen LogP contribution is 2.34. The van der Waals surface area contributed by atoms with Crippen LogP contribution in [0, 0.1) is 12.8 Å². The molecular formula is C21H30F3N3O5. The fourth-order valence-corrected chi connectivity index (χ4v) is 4.23. The third-order valence-corrected chi connectivity index (χ3v) is 5.95. The number of aryl methyl sites for hydroxylation is 1. The largest absolute Gasteiger partial charge is 0.490 e. The Morgan fingerprint density at radius 3 is 2.50 bits per heavy atom. The summed E-state index contributed by atoms with van der Waals surface area (Å²) in [6, 6.07) is 4.55. The van der Waals surface area contributed by atoms with E-state index in [1.165, 1.54) is 0 Å². The van der Waals surface area contributed by atoms with Gasteiger partial charge in [-0.15, -0.1) is 5.10 Å². The molecule has 3 fully saturated rings. The van der Waals surface area contributed by atoms with Crippen LogP contribution in [0.1, 0.15) is 37.8 Å². The monoisotopic (exact) mass is 461 g/mol. The molecule has 3 atom stereocenters. The average molecular weight is 461 g/mol. The van der Waals surface area contributed by atoms with Crippen LogP contribution in [-0.2, 0) is 19.0 Å². The topological polar surface area (TPSA) is 94.0 Å². The minimum Gasteiger partial charge on any atom is -0.475 e. The van der Waals surface area contributed by atoms with Crippen LogP contribution >= 0.6 is 0 Å². The number of hydrogen-bond acceptors (Lipinski definition) is 7. The molecule has 1 aromatic rings. The molecule has 0 radical (unpaired) electrons. The van der Waals surface area contributed by atoms with Crippen molar-refractivity contribution in [3.8, 4) is 0 Å². The number of fused-ring (bicyclic) bond motifs is 1. The van der Waals surface area contributed by atoms with Crippen molar-refractivity contribution in [1.29, 1.82) is 0 Å². The zero-order chi connectivity index (χ0) is 23.1. The van der Waals surface area contributed by atoms with Gasteiger partial charge in [0.1, 0.15) is 0 Å². The molecule has 0 aliphatic carbocycles. The summed E-state index contributed by atoms with van der Waals surface area (Å²) >= 11 is 0. The van der Waals surface area contributed by atoms with Gasteiger partial charge >= 0.3 is 12.1 Å². The standard InChI is InChI=1S/C19H29N3O3.C2HF3O2/c1-14-2-5-19(21-20-14)22-9-6-18-17(22)4-3-16(25-18)13-24-12-15-7-10-23-11-8-15;3-2(4,5)1(6)7/h2,5,15-18H,3-4,6-13H2,1H3;(H,6,7)/t16-,17+,18+;/m1./s1. The van der Waals surface area contributed by atoms with Crippen LogP contribution in [0.15, 0.2) is 12.1 Å². The Balaban J connectivity index is 0.000000360. The van der Waals surface area contributed by atoms with E-state index in [1.54, 1.807) is 0 Å². The normalized spacial score (nSPS) is 26.2. The molecule has 0 bridgehead atoms. The summed E-state index contributed by atoms with van der Waals surface area (Å²) in [4.78, 5) is 11.3. The first kappa shape index (κ1) is 24.7. The fourth-order valence-electron chi connectivity index (χ4n) is 4.23. The third kappa shape index (κ3) is 7.01. The molecule has 3 aliphatic heterocycles. The Bertz CT molecular complexity index is 728. The van der Waals surface area contributed by atoms with Crippen LogP contribution in [-0.4, -0.2) is 78.7 Å². The van der Waals surface area contributed by atoms with Gasteiger partial charge in [0.15, 0.2) is 5.82 Å². The second kappa shape index (κ2) is 11.2. The highest BCUT2D eigenvalue weighted by Gasteiger charge is 2.40. The molecule has 1 N–H and O–H groups in total. The van der Waals surface area contributed by atoms with Crippen LogP contribution in [0.3, 0.4) is 0 Å². The van der Waals surface area contributed by atoms with E-state index in [4.69, 9.17) is 24.1 Å². The van der Waals surface area contributed by atoms with Crippen molar-refractivity contribution in [1.82, 2.24) is 10.2 Å². The molecule has 4 rings (SSSR count). The van der Waals surface area contributed by atoms with Crippen LogP contribution in [0.4, 0.5) is 19.0 Å². The highest BCUT2D eigenvalue weighted by atomic mass is 19.4. The zero-order valence-electron chi connectivity index (χ0n) is 18.1. The quantitative estimate of drug-likeness (QED) is 0.715. The van der Waals surface area contributed by atoms with Gasteiger partial charge in [0, 0.05) is 26.4 Å². The van der Waals surface area contributed by atoms with E-state index in [2.05, 4.69) is 21.2 Å². The number of ether oxygens (including phenoxy) is 3. The van der Waals surface area contributed by atoms with E-state index >= 15 is 0 Å². The third-order valence-electron chi connectivity index (χ3n) is 5.95. The van der Waals surface area contributed by atoms with Crippen molar-refractivity contribution in [2.45, 2.75) is 63.5 Å². The van der Waals surface area contributed by atoms with Crippen molar-refractivity contribution in [3.63, 3.8) is 0 Å². The molecule has 0 aromatic carbocycles. The summed E-state index contributed by atoms with van der Waals surface area (Å²) in [5.74, 6) is -1.12. The van der Waals surface area contributed by atoms with Crippen molar-refractivity contribution in [2.24, 2.45) is 5.92 Å². The number of alkyl halides is 3. The van der Waals surface area contributed by atoms with Gasteiger partial charge in [-0.1, -0.05) is 0 Å². The van der Waals surface area contributed by atoms with Crippen LogP contribution in [0.25, 0.3) is 0 Å². The predicted octanol–water partition coefficient (Wildman–Crippen LogP) is 2.99. The molecule has 0 saturated carbocycles. The summed E-state index contributed by atoms with van der Waals surface area (Å²) in [7, 11) is 0. The van der Waals surface area contributed by atoms with Crippen molar-refractivity contribution in [3.05, 3.63) is 17.8 Å². The van der Waals surface area contributed by atoms with E-state index in [0.29, 0.717) is 18.1 Å². The lowest BCUT2D eigenvalue weighted by molar-refractivity contribution is -0.192. The van der Waals surface area contributed by atoms with E-state index in [9.17, 15) is 13.2 Å². The van der Waals surface area contributed by atoms with Gasteiger partial charge < -0.3 is 24.2 Å². The first-order valence-corrected chi connectivity index (χ1v) is 10.9. The molecule has 180 valence electrons. The first-order valence-electron chi connectivity index (χ1n) is 10.9. The van der Waals surface area contributed by atoms with E-state index < -0.39 is 12.1 Å². The van der Waals surface area contributed by atoms with Crippen LogP contribution in [0.5, 0.6) is 0 Å². The summed E-state index contributed by atoms with van der Waals surface area (Å²) in [6.45, 7) is 6.32. The molecule has 3 saturated heterocycles. The number of carbonyl (C=O) groups is 1. The lowest BCUT2D eigenvalue weighted by Crippen LogP contribution is -2.44. The summed E-state index contributed by atoms with van der Waals surface area (Å²) in [5.41, 5.74) is 0.959. The van der Waals surface area contributed by atoms with Gasteiger partial charge in [-0.05, 0) is 57.1 Å². The molecule has 8 nitrogen and oxygen atoms in total. The van der Waals surface area contributed by atoms with Crippen LogP contribution < -0.4 is 4.90 Å². The Hall–Kier alpha value is -1.98. The van der Waals surface area contributed by atoms with Crippen molar-refractivity contribution in [2.75, 3.05) is 37.9 Å². The summed E-state index contributed by atoms with van der Waals surface area (Å²) in [5, 5.41) is 15.7. The van der Waals surface area contributed by atoms with Gasteiger partial charge in [0.2, 0.25) is 0 Å². The number of halogens is 3. The molecule has 3 aliphatic rings. The maximum Gasteiger partial charge on any atom is 0.490 e. The lowest BCUT2D eigenvalue weighted by atomic mass is 9.99. The number of aromatic nitrogens is 2. The molecule has 4 heterocycles. The molecule has 32 heavy (non-hydrogen) atoms. The molecule has 0 amide bonds. The molecular weight excluding hydrogens is 431 g/mol. The molecule has 0 unspecified atom stereocenters. The Morgan fingerprint density at radius 2 is 1.88 bits per heavy atom. The zero-order valence-corrected chi connectivity index (χ0v) is 18.1. The molecule has 11 heteroatoms. The Labute approximate surface area is 185 Å². The van der Waals surface area contributed by atoms with Gasteiger partial charge in [0.25, 0.3) is 0 Å².